The van der Waals surface area contributed by atoms with E-state index in [2.05, 4.69) is 86.6 Å². The quantitative estimate of drug-likeness (QED) is 0.276. The number of benzene rings is 1. The molecule has 0 fully saturated rings. The van der Waals surface area contributed by atoms with Gasteiger partial charge in [0.15, 0.2) is 8.32 Å². The van der Waals surface area contributed by atoms with E-state index < -0.39 is 8.32 Å². The molecule has 0 saturated carbocycles. The number of likely N-dealkylation sites (N-methyl/N-ethyl adjacent to an activating group) is 1. The number of fused-ring (bicyclic) bond motifs is 2. The van der Waals surface area contributed by atoms with Gasteiger partial charge in [0, 0.05) is 49.8 Å². The molecule has 9 nitrogen and oxygen atoms in total. The van der Waals surface area contributed by atoms with Crippen LogP contribution in [0.2, 0.25) is 18.1 Å². The summed E-state index contributed by atoms with van der Waals surface area (Å²) in [5.74, 6) is 0.998. The molecule has 43 heavy (non-hydrogen) atoms. The monoisotopic (exact) mass is 599 g/mol. The van der Waals surface area contributed by atoms with Gasteiger partial charge in [-0.2, -0.15) is 5.26 Å². The Morgan fingerprint density at radius 2 is 1.98 bits per heavy atom. The number of pyridine rings is 1. The Morgan fingerprint density at radius 3 is 2.67 bits per heavy atom. The second-order valence-corrected chi connectivity index (χ2v) is 18.8. The number of hydrogen-bond donors (Lipinski definition) is 2. The summed E-state index contributed by atoms with van der Waals surface area (Å²) < 4.78 is 12.8. The molecule has 0 radical (unpaired) electrons. The number of rotatable bonds is 8. The molecule has 5 rings (SSSR count). The van der Waals surface area contributed by atoms with Crippen molar-refractivity contribution in [3.05, 3.63) is 52.8 Å². The molecule has 2 N–H and O–H groups in total. The van der Waals surface area contributed by atoms with Gasteiger partial charge in [0.2, 0.25) is 11.8 Å². The first kappa shape index (κ1) is 30.9. The van der Waals surface area contributed by atoms with E-state index >= 15 is 0 Å². The fourth-order valence-corrected chi connectivity index (χ4v) is 6.42. The standard InChI is InChI=1S/C33H45N7O2Si/c1-21(2)42-30-28(16-24-18-40(7)13-11-27(24)37-30)39-31-35-12-10-26(38-31)22-14-23(17-34)29-25(15-22)33(6,19-36-29)20-41-43(8,9)32(3,4)5/h10,12,14-16,21,36H,11,13,18-20H2,1-9H3,(H,35,38,39)/t33-/m1/s1. The maximum Gasteiger partial charge on any atom is 0.238 e. The molecular weight excluding hydrogens is 554 g/mol. The Morgan fingerprint density at radius 1 is 1.21 bits per heavy atom. The van der Waals surface area contributed by atoms with E-state index in [1.165, 1.54) is 5.56 Å². The lowest BCUT2D eigenvalue weighted by molar-refractivity contribution is 0.220. The Balaban J connectivity index is 1.47. The van der Waals surface area contributed by atoms with Crippen LogP contribution < -0.4 is 15.4 Å². The minimum Gasteiger partial charge on any atom is -0.473 e. The molecule has 4 heterocycles. The normalized spacial score (nSPS) is 18.5. The van der Waals surface area contributed by atoms with Crippen LogP contribution in [0.3, 0.4) is 0 Å². The van der Waals surface area contributed by atoms with Gasteiger partial charge in [-0.15, -0.1) is 0 Å². The van der Waals surface area contributed by atoms with Gasteiger partial charge >= 0.3 is 0 Å². The highest BCUT2D eigenvalue weighted by molar-refractivity contribution is 6.74. The Bertz CT molecular complexity index is 1560. The van der Waals surface area contributed by atoms with Crippen molar-refractivity contribution in [3.8, 4) is 23.2 Å². The SMILES string of the molecule is CC(C)Oc1nc2c(cc1Nc1nccc(-c3cc(C#N)c4c(c3)[C@@](C)(CO[Si](C)(C)C(C)(C)C)CN4)n1)CN(C)CC2. The Kier molecular flexibility index (Phi) is 8.29. The maximum atomic E-state index is 10.1. The minimum atomic E-state index is -1.95. The number of anilines is 3. The van der Waals surface area contributed by atoms with E-state index in [1.54, 1.807) is 6.20 Å². The average Bonchev–Trinajstić information content (AvgIpc) is 3.28. The van der Waals surface area contributed by atoms with Gasteiger partial charge in [-0.3, -0.25) is 0 Å². The second kappa shape index (κ2) is 11.5. The number of nitriles is 1. The third-order valence-corrected chi connectivity index (χ3v) is 13.5. The van der Waals surface area contributed by atoms with Gasteiger partial charge in [-0.25, -0.2) is 15.0 Å². The van der Waals surface area contributed by atoms with Gasteiger partial charge in [0.05, 0.1) is 28.7 Å². The van der Waals surface area contributed by atoms with Crippen molar-refractivity contribution >= 4 is 25.6 Å². The van der Waals surface area contributed by atoms with Crippen molar-refractivity contribution in [1.82, 2.24) is 19.9 Å². The lowest BCUT2D eigenvalue weighted by Gasteiger charge is -2.39. The summed E-state index contributed by atoms with van der Waals surface area (Å²) in [5.41, 5.74) is 6.90. The number of ether oxygens (including phenoxy) is 1. The fraction of sp³-hybridized carbons (Fsp3) is 0.515. The van der Waals surface area contributed by atoms with Gasteiger partial charge in [0.25, 0.3) is 0 Å². The van der Waals surface area contributed by atoms with Crippen LogP contribution in [0, 0.1) is 11.3 Å². The maximum absolute atomic E-state index is 10.1. The van der Waals surface area contributed by atoms with Crippen LogP contribution in [0.1, 0.15) is 63.9 Å². The third kappa shape index (κ3) is 6.39. The molecule has 2 aromatic heterocycles. The van der Waals surface area contributed by atoms with Crippen molar-refractivity contribution in [2.75, 3.05) is 37.4 Å². The Hall–Kier alpha value is -3.52. The topological polar surface area (TPSA) is 108 Å². The molecule has 0 aliphatic carbocycles. The first-order valence-electron chi connectivity index (χ1n) is 15.1. The molecule has 2 aliphatic rings. The van der Waals surface area contributed by atoms with E-state index in [4.69, 9.17) is 19.1 Å². The zero-order chi connectivity index (χ0) is 31.2. The van der Waals surface area contributed by atoms with Gasteiger partial charge in [-0.05, 0) is 74.4 Å². The van der Waals surface area contributed by atoms with E-state index in [0.717, 1.165) is 53.4 Å². The zero-order valence-corrected chi connectivity index (χ0v) is 28.1. The molecular formula is C33H45N7O2Si. The third-order valence-electron chi connectivity index (χ3n) is 8.99. The second-order valence-electron chi connectivity index (χ2n) is 14.0. The molecule has 2 aliphatic heterocycles. The molecule has 3 aromatic rings. The Labute approximate surface area is 257 Å². The molecule has 1 atom stereocenters. The largest absolute Gasteiger partial charge is 0.473 e. The van der Waals surface area contributed by atoms with E-state index in [1.807, 2.05) is 26.0 Å². The molecule has 1 aromatic carbocycles. The highest BCUT2D eigenvalue weighted by Gasteiger charge is 2.42. The molecule has 0 amide bonds. The summed E-state index contributed by atoms with van der Waals surface area (Å²) in [7, 11) is 0.165. The summed E-state index contributed by atoms with van der Waals surface area (Å²) in [6, 6.07) is 10.4. The number of nitrogens with zero attached hydrogens (tertiary/aromatic N) is 5. The van der Waals surface area contributed by atoms with Crippen LogP contribution in [0.4, 0.5) is 17.3 Å². The predicted molar refractivity (Wildman–Crippen MR) is 174 cm³/mol. The van der Waals surface area contributed by atoms with Crippen LogP contribution in [0.25, 0.3) is 11.3 Å². The molecule has 10 heteroatoms. The lowest BCUT2D eigenvalue weighted by atomic mass is 9.83. The summed E-state index contributed by atoms with van der Waals surface area (Å²) in [6.45, 7) is 20.6. The number of aromatic nitrogens is 3. The molecule has 0 bridgehead atoms. The average molecular weight is 600 g/mol. The van der Waals surface area contributed by atoms with Crippen molar-refractivity contribution in [2.24, 2.45) is 0 Å². The van der Waals surface area contributed by atoms with Gasteiger partial charge in [-0.1, -0.05) is 27.7 Å². The van der Waals surface area contributed by atoms with Gasteiger partial charge in [0.1, 0.15) is 11.8 Å². The van der Waals surface area contributed by atoms with Crippen LogP contribution in [-0.2, 0) is 22.8 Å². The summed E-state index contributed by atoms with van der Waals surface area (Å²) in [5, 5.41) is 17.1. The van der Waals surface area contributed by atoms with E-state index in [9.17, 15) is 5.26 Å². The highest BCUT2D eigenvalue weighted by Crippen LogP contribution is 2.44. The molecule has 0 unspecified atom stereocenters. The molecule has 0 spiro atoms. The van der Waals surface area contributed by atoms with Gasteiger partial charge < -0.3 is 24.7 Å². The summed E-state index contributed by atoms with van der Waals surface area (Å²) in [4.78, 5) is 16.6. The first-order valence-corrected chi connectivity index (χ1v) is 18.0. The van der Waals surface area contributed by atoms with Crippen LogP contribution in [-0.4, -0.2) is 61.0 Å². The highest BCUT2D eigenvalue weighted by atomic mass is 28.4. The molecule has 228 valence electrons. The summed E-state index contributed by atoms with van der Waals surface area (Å²) >= 11 is 0. The molecule has 0 saturated heterocycles. The lowest BCUT2D eigenvalue weighted by Crippen LogP contribution is -2.45. The van der Waals surface area contributed by atoms with Crippen molar-refractivity contribution in [1.29, 1.82) is 5.26 Å². The first-order chi connectivity index (χ1) is 20.2. The van der Waals surface area contributed by atoms with E-state index in [-0.39, 0.29) is 16.6 Å². The number of hydrogen-bond acceptors (Lipinski definition) is 9. The van der Waals surface area contributed by atoms with Crippen LogP contribution in [0.5, 0.6) is 5.88 Å². The van der Waals surface area contributed by atoms with Crippen molar-refractivity contribution in [2.45, 2.75) is 84.2 Å². The predicted octanol–water partition coefficient (Wildman–Crippen LogP) is 6.63. The van der Waals surface area contributed by atoms with Crippen molar-refractivity contribution < 1.29 is 9.16 Å². The van der Waals surface area contributed by atoms with Crippen molar-refractivity contribution in [3.63, 3.8) is 0 Å². The van der Waals surface area contributed by atoms with Crippen LogP contribution in [0.15, 0.2) is 30.5 Å². The van der Waals surface area contributed by atoms with Crippen LogP contribution >= 0.6 is 0 Å². The van der Waals surface area contributed by atoms with E-state index in [0.29, 0.717) is 30.5 Å². The fourth-order valence-electron chi connectivity index (χ4n) is 5.30. The zero-order valence-electron chi connectivity index (χ0n) is 27.1. The minimum absolute atomic E-state index is 0.0241. The smallest absolute Gasteiger partial charge is 0.238 e. The summed E-state index contributed by atoms with van der Waals surface area (Å²) in [6.07, 6.45) is 2.61. The number of nitrogens with one attached hydrogen (secondary N) is 2.